The van der Waals surface area contributed by atoms with Gasteiger partial charge in [0.05, 0.1) is 7.11 Å². The largest absolute Gasteiger partial charge is 0.496 e. The molecular weight excluding hydrogens is 266 g/mol. The quantitative estimate of drug-likeness (QED) is 0.328. The summed E-state index contributed by atoms with van der Waals surface area (Å²) in [6, 6.07) is 15.5. The lowest BCUT2D eigenvalue weighted by Gasteiger charge is -2.10. The molecule has 5 nitrogen and oxygen atoms in total. The molecule has 0 bridgehead atoms. The predicted molar refractivity (Wildman–Crippen MR) is 82.5 cm³/mol. The van der Waals surface area contributed by atoms with Gasteiger partial charge in [-0.05, 0) is 17.7 Å². The Labute approximate surface area is 124 Å². The average Bonchev–Trinajstić information content (AvgIpc) is 2.55. The highest BCUT2D eigenvalue weighted by molar-refractivity contribution is 5.97. The van der Waals surface area contributed by atoms with Gasteiger partial charge < -0.3 is 21.0 Å². The average molecular weight is 285 g/mol. The fraction of sp³-hybridized carbons (Fsp3) is 0.188. The van der Waals surface area contributed by atoms with Gasteiger partial charge in [-0.25, -0.2) is 0 Å². The highest BCUT2D eigenvalue weighted by atomic mass is 16.5. The van der Waals surface area contributed by atoms with Crippen molar-refractivity contribution in [2.24, 2.45) is 10.9 Å². The Balaban J connectivity index is 1.97. The van der Waals surface area contributed by atoms with Crippen LogP contribution in [0.25, 0.3) is 0 Å². The maximum Gasteiger partial charge on any atom is 0.170 e. The van der Waals surface area contributed by atoms with E-state index in [0.717, 1.165) is 16.9 Å². The molecule has 0 aromatic heterocycles. The fourth-order valence-corrected chi connectivity index (χ4v) is 2.09. The molecule has 0 fully saturated rings. The number of para-hydroxylation sites is 1. The summed E-state index contributed by atoms with van der Waals surface area (Å²) in [4.78, 5) is 0. The number of benzene rings is 2. The minimum atomic E-state index is 0.113. The molecule has 0 radical (unpaired) electrons. The Morgan fingerprint density at radius 3 is 2.76 bits per heavy atom. The minimum Gasteiger partial charge on any atom is -0.496 e. The van der Waals surface area contributed by atoms with Gasteiger partial charge >= 0.3 is 0 Å². The molecule has 0 aliphatic carbocycles. The van der Waals surface area contributed by atoms with E-state index >= 15 is 0 Å². The molecule has 21 heavy (non-hydrogen) atoms. The second-order valence-corrected chi connectivity index (χ2v) is 4.60. The minimum absolute atomic E-state index is 0.113. The summed E-state index contributed by atoms with van der Waals surface area (Å²) in [7, 11) is 1.67. The number of nitrogens with zero attached hydrogens (tertiary/aromatic N) is 1. The van der Waals surface area contributed by atoms with Crippen molar-refractivity contribution in [3.8, 4) is 5.75 Å². The van der Waals surface area contributed by atoms with Crippen molar-refractivity contribution in [3.63, 3.8) is 0 Å². The van der Waals surface area contributed by atoms with Crippen LogP contribution in [-0.4, -0.2) is 18.2 Å². The maximum atomic E-state index is 8.69. The highest BCUT2D eigenvalue weighted by Crippen LogP contribution is 2.16. The maximum absolute atomic E-state index is 8.69. The standard InChI is InChI=1S/C16H19N3O2/c1-21-15-8-3-2-6-14(15)11-18-10-12-5-4-7-13(9-12)16(17)19-20/h2-9,18,20H,10-11H2,1H3,(H2,17,19). The van der Waals surface area contributed by atoms with Gasteiger partial charge in [0, 0.05) is 24.2 Å². The van der Waals surface area contributed by atoms with Crippen LogP contribution in [0.1, 0.15) is 16.7 Å². The van der Waals surface area contributed by atoms with Gasteiger partial charge in [0.1, 0.15) is 5.75 Å². The van der Waals surface area contributed by atoms with E-state index < -0.39 is 0 Å². The lowest BCUT2D eigenvalue weighted by molar-refractivity contribution is 0.318. The highest BCUT2D eigenvalue weighted by Gasteiger charge is 2.03. The van der Waals surface area contributed by atoms with Gasteiger partial charge in [0.25, 0.3) is 0 Å². The van der Waals surface area contributed by atoms with Gasteiger partial charge in [-0.1, -0.05) is 41.6 Å². The molecule has 110 valence electrons. The van der Waals surface area contributed by atoms with E-state index in [9.17, 15) is 0 Å². The van der Waals surface area contributed by atoms with Gasteiger partial charge in [0.2, 0.25) is 0 Å². The van der Waals surface area contributed by atoms with Crippen molar-refractivity contribution < 1.29 is 9.94 Å². The van der Waals surface area contributed by atoms with Crippen LogP contribution in [0.4, 0.5) is 0 Å². The number of hydrogen-bond acceptors (Lipinski definition) is 4. The molecule has 2 aromatic carbocycles. The fourth-order valence-electron chi connectivity index (χ4n) is 2.09. The van der Waals surface area contributed by atoms with E-state index in [2.05, 4.69) is 10.5 Å². The molecule has 0 spiro atoms. The van der Waals surface area contributed by atoms with Crippen LogP contribution in [0.2, 0.25) is 0 Å². The topological polar surface area (TPSA) is 79.9 Å². The zero-order valence-corrected chi connectivity index (χ0v) is 11.9. The van der Waals surface area contributed by atoms with Crippen molar-refractivity contribution in [1.29, 1.82) is 0 Å². The Hall–Kier alpha value is -2.53. The number of hydrogen-bond donors (Lipinski definition) is 3. The summed E-state index contributed by atoms with van der Waals surface area (Å²) in [5.74, 6) is 0.983. The Morgan fingerprint density at radius 1 is 1.19 bits per heavy atom. The molecule has 4 N–H and O–H groups in total. The van der Waals surface area contributed by atoms with Crippen molar-refractivity contribution in [2.75, 3.05) is 7.11 Å². The van der Waals surface area contributed by atoms with Crippen molar-refractivity contribution >= 4 is 5.84 Å². The first-order chi connectivity index (χ1) is 10.2. The summed E-state index contributed by atoms with van der Waals surface area (Å²) in [6.45, 7) is 1.39. The Morgan fingerprint density at radius 2 is 2.00 bits per heavy atom. The van der Waals surface area contributed by atoms with Crippen LogP contribution in [0, 0.1) is 0 Å². The number of nitrogens with one attached hydrogen (secondary N) is 1. The zero-order valence-electron chi connectivity index (χ0n) is 11.9. The van der Waals surface area contributed by atoms with E-state index in [1.807, 2.05) is 42.5 Å². The van der Waals surface area contributed by atoms with Crippen LogP contribution in [0.15, 0.2) is 53.7 Å². The third kappa shape index (κ3) is 3.97. The monoisotopic (exact) mass is 285 g/mol. The zero-order chi connectivity index (χ0) is 15.1. The summed E-state index contributed by atoms with van der Waals surface area (Å²) < 4.78 is 5.31. The van der Waals surface area contributed by atoms with E-state index in [1.54, 1.807) is 13.2 Å². The van der Waals surface area contributed by atoms with Crippen LogP contribution >= 0.6 is 0 Å². The molecule has 2 aromatic rings. The molecule has 0 saturated carbocycles. The molecule has 0 saturated heterocycles. The number of nitrogens with two attached hydrogens (primary N) is 1. The lowest BCUT2D eigenvalue weighted by atomic mass is 10.1. The molecule has 0 heterocycles. The molecule has 0 aliphatic rings. The number of ether oxygens (including phenoxy) is 1. The molecule has 0 atom stereocenters. The van der Waals surface area contributed by atoms with Gasteiger partial charge in [0.15, 0.2) is 5.84 Å². The normalized spacial score (nSPS) is 11.4. The van der Waals surface area contributed by atoms with Crippen LogP contribution in [0.5, 0.6) is 5.75 Å². The van der Waals surface area contributed by atoms with Crippen LogP contribution < -0.4 is 15.8 Å². The Kier molecular flexibility index (Phi) is 5.17. The molecular formula is C16H19N3O2. The van der Waals surface area contributed by atoms with E-state index in [-0.39, 0.29) is 5.84 Å². The second kappa shape index (κ2) is 7.31. The number of oxime groups is 1. The SMILES string of the molecule is COc1ccccc1CNCc1cccc(C(N)=NO)c1. The van der Waals surface area contributed by atoms with Gasteiger partial charge in [-0.2, -0.15) is 0 Å². The van der Waals surface area contributed by atoms with Gasteiger partial charge in [-0.15, -0.1) is 0 Å². The summed E-state index contributed by atoms with van der Waals surface area (Å²) in [5, 5.41) is 15.1. The number of amidine groups is 1. The van der Waals surface area contributed by atoms with E-state index in [4.69, 9.17) is 15.7 Å². The lowest BCUT2D eigenvalue weighted by Crippen LogP contribution is -2.16. The van der Waals surface area contributed by atoms with Gasteiger partial charge in [-0.3, -0.25) is 0 Å². The molecule has 2 rings (SSSR count). The second-order valence-electron chi connectivity index (χ2n) is 4.60. The van der Waals surface area contributed by atoms with Crippen molar-refractivity contribution in [3.05, 3.63) is 65.2 Å². The van der Waals surface area contributed by atoms with Crippen LogP contribution in [0.3, 0.4) is 0 Å². The van der Waals surface area contributed by atoms with E-state index in [1.165, 1.54) is 0 Å². The first kappa shape index (κ1) is 14.9. The third-order valence-corrected chi connectivity index (χ3v) is 3.17. The van der Waals surface area contributed by atoms with E-state index in [0.29, 0.717) is 18.7 Å². The molecule has 0 unspecified atom stereocenters. The first-order valence-electron chi connectivity index (χ1n) is 6.64. The molecule has 5 heteroatoms. The smallest absolute Gasteiger partial charge is 0.170 e. The first-order valence-corrected chi connectivity index (χ1v) is 6.64. The summed E-state index contributed by atoms with van der Waals surface area (Å²) in [5.41, 5.74) is 8.45. The summed E-state index contributed by atoms with van der Waals surface area (Å²) >= 11 is 0. The third-order valence-electron chi connectivity index (χ3n) is 3.17. The van der Waals surface area contributed by atoms with Crippen LogP contribution in [-0.2, 0) is 13.1 Å². The predicted octanol–water partition coefficient (Wildman–Crippen LogP) is 2.08. The Bertz CT molecular complexity index is 626. The van der Waals surface area contributed by atoms with Crippen molar-refractivity contribution in [2.45, 2.75) is 13.1 Å². The molecule has 0 aliphatic heterocycles. The number of methoxy groups -OCH3 is 1. The number of rotatable bonds is 6. The van der Waals surface area contributed by atoms with Crippen molar-refractivity contribution in [1.82, 2.24) is 5.32 Å². The summed E-state index contributed by atoms with van der Waals surface area (Å²) in [6.07, 6.45) is 0. The molecule has 0 amide bonds.